The Balaban J connectivity index is 1.84. The number of para-hydroxylation sites is 1. The first-order valence-corrected chi connectivity index (χ1v) is 10.1. The minimum atomic E-state index is -0.614. The number of rotatable bonds is 8. The van der Waals surface area contributed by atoms with Crippen molar-refractivity contribution in [2.75, 3.05) is 12.4 Å². The largest absolute Gasteiger partial charge is 0.465 e. The third-order valence-corrected chi connectivity index (χ3v) is 4.87. The van der Waals surface area contributed by atoms with Crippen LogP contribution in [0.5, 0.6) is 0 Å². The number of carbonyl (C=O) groups is 3. The van der Waals surface area contributed by atoms with E-state index in [4.69, 9.17) is 5.73 Å². The van der Waals surface area contributed by atoms with Gasteiger partial charge in [-0.3, -0.25) is 9.59 Å². The Morgan fingerprint density at radius 1 is 1.03 bits per heavy atom. The summed E-state index contributed by atoms with van der Waals surface area (Å²) in [6.07, 6.45) is 0. The second-order valence-corrected chi connectivity index (χ2v) is 7.53. The van der Waals surface area contributed by atoms with Crippen LogP contribution in [0.2, 0.25) is 0 Å². The molecule has 166 valence electrons. The average molecular weight is 435 g/mol. The summed E-state index contributed by atoms with van der Waals surface area (Å²) in [5.74, 6) is -0.628. The number of benzene rings is 2. The van der Waals surface area contributed by atoms with Gasteiger partial charge in [-0.25, -0.2) is 14.8 Å². The lowest BCUT2D eigenvalue weighted by Crippen LogP contribution is -2.40. The fourth-order valence-corrected chi connectivity index (χ4v) is 3.19. The summed E-state index contributed by atoms with van der Waals surface area (Å²) in [7, 11) is 1.28. The quantitative estimate of drug-likeness (QED) is 0.462. The molecule has 2 amide bonds. The molecule has 2 aromatic carbocycles. The molecule has 1 atom stereocenters. The van der Waals surface area contributed by atoms with Crippen LogP contribution in [-0.4, -0.2) is 40.9 Å². The number of nitrogens with one attached hydrogen (secondary N) is 2. The number of hydrogen-bond acceptors (Lipinski definition) is 7. The van der Waals surface area contributed by atoms with Gasteiger partial charge in [0.05, 0.1) is 24.7 Å². The van der Waals surface area contributed by atoms with Gasteiger partial charge in [-0.1, -0.05) is 32.0 Å². The molecule has 0 aliphatic carbocycles. The van der Waals surface area contributed by atoms with Crippen LogP contribution in [0.3, 0.4) is 0 Å². The molecule has 0 fully saturated rings. The molecule has 4 N–H and O–H groups in total. The fourth-order valence-electron chi connectivity index (χ4n) is 3.19. The summed E-state index contributed by atoms with van der Waals surface area (Å²) in [5.41, 5.74) is 6.78. The van der Waals surface area contributed by atoms with Gasteiger partial charge in [0.1, 0.15) is 11.9 Å². The minimum Gasteiger partial charge on any atom is -0.465 e. The summed E-state index contributed by atoms with van der Waals surface area (Å²) in [6, 6.07) is 13.0. The van der Waals surface area contributed by atoms with E-state index in [9.17, 15) is 14.4 Å². The van der Waals surface area contributed by atoms with E-state index < -0.39 is 17.9 Å². The Morgan fingerprint density at radius 3 is 2.44 bits per heavy atom. The van der Waals surface area contributed by atoms with E-state index in [-0.39, 0.29) is 23.9 Å². The number of fused-ring (bicyclic) bond motifs is 1. The van der Waals surface area contributed by atoms with Crippen molar-refractivity contribution in [1.82, 2.24) is 15.3 Å². The van der Waals surface area contributed by atoms with Gasteiger partial charge in [-0.15, -0.1) is 0 Å². The van der Waals surface area contributed by atoms with E-state index in [1.54, 1.807) is 18.2 Å². The Hall–Kier alpha value is -4.01. The Bertz CT molecular complexity index is 1160. The van der Waals surface area contributed by atoms with Crippen LogP contribution < -0.4 is 16.4 Å². The van der Waals surface area contributed by atoms with E-state index in [1.807, 2.05) is 38.1 Å². The zero-order valence-electron chi connectivity index (χ0n) is 18.1. The Labute approximate surface area is 185 Å². The van der Waals surface area contributed by atoms with Crippen LogP contribution in [0.1, 0.15) is 40.4 Å². The molecule has 0 spiro atoms. The Morgan fingerprint density at radius 2 is 1.75 bits per heavy atom. The number of anilines is 1. The average Bonchev–Trinajstić information content (AvgIpc) is 2.79. The molecule has 3 aromatic rings. The third-order valence-electron chi connectivity index (χ3n) is 4.87. The highest BCUT2D eigenvalue weighted by molar-refractivity contribution is 5.98. The number of nitrogens with zero attached hydrogens (tertiary/aromatic N) is 2. The normalized spacial score (nSPS) is 11.8. The number of aromatic nitrogens is 2. The van der Waals surface area contributed by atoms with Crippen LogP contribution in [0, 0.1) is 5.92 Å². The highest BCUT2D eigenvalue weighted by Gasteiger charge is 2.21. The SMILES string of the molecule is COC(=O)c1cccc(C(=O)NCc2nc(N[C@H](C(N)=O)C(C)C)c3ccccc3n2)c1. The van der Waals surface area contributed by atoms with Crippen LogP contribution in [0.15, 0.2) is 48.5 Å². The first-order chi connectivity index (χ1) is 15.3. The second kappa shape index (κ2) is 9.86. The first-order valence-electron chi connectivity index (χ1n) is 10.1. The van der Waals surface area contributed by atoms with E-state index >= 15 is 0 Å². The molecule has 0 saturated carbocycles. The number of nitrogens with two attached hydrogens (primary N) is 1. The van der Waals surface area contributed by atoms with Gasteiger partial charge in [-0.05, 0) is 36.2 Å². The fraction of sp³-hybridized carbons (Fsp3) is 0.261. The molecule has 3 rings (SSSR count). The van der Waals surface area contributed by atoms with Crippen molar-refractivity contribution in [1.29, 1.82) is 0 Å². The maximum Gasteiger partial charge on any atom is 0.337 e. The second-order valence-electron chi connectivity index (χ2n) is 7.53. The molecule has 0 bridgehead atoms. The van der Waals surface area contributed by atoms with Crippen LogP contribution >= 0.6 is 0 Å². The molecule has 1 aromatic heterocycles. The number of hydrogen-bond donors (Lipinski definition) is 3. The lowest BCUT2D eigenvalue weighted by molar-refractivity contribution is -0.119. The van der Waals surface area contributed by atoms with Gasteiger partial charge < -0.3 is 21.1 Å². The van der Waals surface area contributed by atoms with Gasteiger partial charge in [0.25, 0.3) is 5.91 Å². The maximum absolute atomic E-state index is 12.6. The molecular formula is C23H25N5O4. The van der Waals surface area contributed by atoms with Crippen molar-refractivity contribution in [3.8, 4) is 0 Å². The number of amides is 2. The van der Waals surface area contributed by atoms with Crippen molar-refractivity contribution >= 4 is 34.5 Å². The molecule has 0 aliphatic heterocycles. The summed E-state index contributed by atoms with van der Waals surface area (Å²) >= 11 is 0. The van der Waals surface area contributed by atoms with Gasteiger partial charge in [0, 0.05) is 10.9 Å². The minimum absolute atomic E-state index is 0.0454. The number of primary amides is 1. The summed E-state index contributed by atoms with van der Waals surface area (Å²) in [4.78, 5) is 45.2. The highest BCUT2D eigenvalue weighted by Crippen LogP contribution is 2.22. The summed E-state index contributed by atoms with van der Waals surface area (Å²) in [5, 5.41) is 6.61. The van der Waals surface area contributed by atoms with Crippen LogP contribution in [0.4, 0.5) is 5.82 Å². The van der Waals surface area contributed by atoms with Crippen molar-refractivity contribution in [3.05, 3.63) is 65.5 Å². The van der Waals surface area contributed by atoms with Crippen LogP contribution in [0.25, 0.3) is 10.9 Å². The molecule has 0 unspecified atom stereocenters. The monoisotopic (exact) mass is 435 g/mol. The summed E-state index contributed by atoms with van der Waals surface area (Å²) < 4.78 is 4.69. The number of ether oxygens (including phenoxy) is 1. The lowest BCUT2D eigenvalue weighted by Gasteiger charge is -2.21. The standard InChI is InChI=1S/C23H25N5O4/c1-13(2)19(20(24)29)28-21-16-9-4-5-10-17(16)26-18(27-21)12-25-22(30)14-7-6-8-15(11-14)23(31)32-3/h4-11,13,19H,12H2,1-3H3,(H2,24,29)(H,25,30)(H,26,27,28)/t19-/m0/s1. The van der Waals surface area contributed by atoms with Crippen molar-refractivity contribution in [2.45, 2.75) is 26.4 Å². The molecule has 9 nitrogen and oxygen atoms in total. The van der Waals surface area contributed by atoms with Crippen molar-refractivity contribution in [3.63, 3.8) is 0 Å². The zero-order valence-corrected chi connectivity index (χ0v) is 18.1. The smallest absolute Gasteiger partial charge is 0.337 e. The van der Waals surface area contributed by atoms with Gasteiger partial charge in [0.2, 0.25) is 5.91 Å². The van der Waals surface area contributed by atoms with Crippen molar-refractivity contribution in [2.24, 2.45) is 11.7 Å². The van der Waals surface area contributed by atoms with Gasteiger partial charge in [-0.2, -0.15) is 0 Å². The number of esters is 1. The zero-order chi connectivity index (χ0) is 23.3. The molecule has 32 heavy (non-hydrogen) atoms. The third kappa shape index (κ3) is 5.18. The number of methoxy groups -OCH3 is 1. The first kappa shape index (κ1) is 22.7. The predicted octanol–water partition coefficient (Wildman–Crippen LogP) is 2.27. The van der Waals surface area contributed by atoms with E-state index in [0.717, 1.165) is 5.39 Å². The van der Waals surface area contributed by atoms with Gasteiger partial charge >= 0.3 is 5.97 Å². The lowest BCUT2D eigenvalue weighted by atomic mass is 10.0. The van der Waals surface area contributed by atoms with E-state index in [1.165, 1.54) is 13.2 Å². The molecule has 1 heterocycles. The van der Waals surface area contributed by atoms with E-state index in [2.05, 4.69) is 25.3 Å². The molecule has 0 radical (unpaired) electrons. The van der Waals surface area contributed by atoms with E-state index in [0.29, 0.717) is 22.7 Å². The maximum atomic E-state index is 12.6. The Kier molecular flexibility index (Phi) is 6.99. The summed E-state index contributed by atoms with van der Waals surface area (Å²) in [6.45, 7) is 3.81. The van der Waals surface area contributed by atoms with Crippen molar-refractivity contribution < 1.29 is 19.1 Å². The molecular weight excluding hydrogens is 410 g/mol. The number of carbonyl (C=O) groups excluding carboxylic acids is 3. The van der Waals surface area contributed by atoms with Crippen LogP contribution in [-0.2, 0) is 16.1 Å². The highest BCUT2D eigenvalue weighted by atomic mass is 16.5. The van der Waals surface area contributed by atoms with Gasteiger partial charge in [0.15, 0.2) is 5.82 Å². The molecule has 0 aliphatic rings. The molecule has 9 heteroatoms. The molecule has 0 saturated heterocycles. The topological polar surface area (TPSA) is 136 Å². The predicted molar refractivity (Wildman–Crippen MR) is 120 cm³/mol.